The van der Waals surface area contributed by atoms with Gasteiger partial charge in [-0.1, -0.05) is 12.1 Å². The molecule has 0 radical (unpaired) electrons. The Kier molecular flexibility index (Phi) is 4.58. The summed E-state index contributed by atoms with van der Waals surface area (Å²) in [6.45, 7) is 3.09. The smallest absolute Gasteiger partial charge is 0.256 e. The molecule has 26 heavy (non-hydrogen) atoms. The number of amides is 1. The second-order valence-electron chi connectivity index (χ2n) is 6.30. The number of aromatic nitrogens is 2. The molecule has 0 saturated carbocycles. The highest BCUT2D eigenvalue weighted by Gasteiger charge is 2.23. The number of hydrogen-bond donors (Lipinski definition) is 0. The quantitative estimate of drug-likeness (QED) is 0.725. The van der Waals surface area contributed by atoms with Crippen LogP contribution in [0.25, 0.3) is 11.0 Å². The lowest BCUT2D eigenvalue weighted by molar-refractivity contribution is 0.0304. The summed E-state index contributed by atoms with van der Waals surface area (Å²) >= 11 is 0. The number of benzene rings is 1. The number of morpholine rings is 1. The predicted molar refractivity (Wildman–Crippen MR) is 98.6 cm³/mol. The van der Waals surface area contributed by atoms with E-state index in [0.717, 1.165) is 22.3 Å². The van der Waals surface area contributed by atoms with Crippen molar-refractivity contribution in [1.82, 2.24) is 14.5 Å². The standard InChI is InChI=1S/C20H21N3O3/c1-25-16-6-4-15(5-7-16)13-23-14-18(17-3-2-8-21-19(17)23)20(24)22-9-11-26-12-10-22/h2-8,14H,9-13H2,1H3. The second-order valence-corrected chi connectivity index (χ2v) is 6.30. The summed E-state index contributed by atoms with van der Waals surface area (Å²) in [6, 6.07) is 11.8. The minimum absolute atomic E-state index is 0.0415. The van der Waals surface area contributed by atoms with Crippen molar-refractivity contribution in [3.8, 4) is 5.75 Å². The van der Waals surface area contributed by atoms with Crippen molar-refractivity contribution >= 4 is 16.9 Å². The molecule has 3 heterocycles. The summed E-state index contributed by atoms with van der Waals surface area (Å²) in [4.78, 5) is 19.3. The van der Waals surface area contributed by atoms with Gasteiger partial charge in [-0.2, -0.15) is 0 Å². The number of rotatable bonds is 4. The predicted octanol–water partition coefficient (Wildman–Crippen LogP) is 2.57. The number of carbonyl (C=O) groups is 1. The third kappa shape index (κ3) is 3.15. The van der Waals surface area contributed by atoms with E-state index in [1.54, 1.807) is 13.3 Å². The van der Waals surface area contributed by atoms with E-state index >= 15 is 0 Å². The number of fused-ring (bicyclic) bond motifs is 1. The van der Waals surface area contributed by atoms with Gasteiger partial charge in [0.1, 0.15) is 11.4 Å². The van der Waals surface area contributed by atoms with Gasteiger partial charge in [-0.25, -0.2) is 4.98 Å². The Balaban J connectivity index is 1.67. The summed E-state index contributed by atoms with van der Waals surface area (Å²) in [5, 5.41) is 0.887. The zero-order valence-electron chi connectivity index (χ0n) is 14.7. The van der Waals surface area contributed by atoms with E-state index in [9.17, 15) is 4.79 Å². The van der Waals surface area contributed by atoms with Gasteiger partial charge in [-0.3, -0.25) is 4.79 Å². The number of hydrogen-bond acceptors (Lipinski definition) is 4. The Morgan fingerprint density at radius 1 is 1.19 bits per heavy atom. The molecule has 3 aromatic rings. The van der Waals surface area contributed by atoms with Crippen LogP contribution >= 0.6 is 0 Å². The minimum Gasteiger partial charge on any atom is -0.497 e. The summed E-state index contributed by atoms with van der Waals surface area (Å²) in [5.74, 6) is 0.868. The van der Waals surface area contributed by atoms with Gasteiger partial charge < -0.3 is 18.9 Å². The lowest BCUT2D eigenvalue weighted by Crippen LogP contribution is -2.40. The first-order valence-corrected chi connectivity index (χ1v) is 8.70. The highest BCUT2D eigenvalue weighted by molar-refractivity contribution is 6.06. The van der Waals surface area contributed by atoms with Crippen molar-refractivity contribution in [1.29, 1.82) is 0 Å². The average Bonchev–Trinajstić information content (AvgIpc) is 3.07. The highest BCUT2D eigenvalue weighted by Crippen LogP contribution is 2.23. The van der Waals surface area contributed by atoms with E-state index < -0.39 is 0 Å². The van der Waals surface area contributed by atoms with Gasteiger partial charge in [-0.05, 0) is 29.8 Å². The summed E-state index contributed by atoms with van der Waals surface area (Å²) < 4.78 is 12.6. The first-order valence-electron chi connectivity index (χ1n) is 8.70. The van der Waals surface area contributed by atoms with E-state index in [1.807, 2.05) is 52.1 Å². The van der Waals surface area contributed by atoms with Crippen LogP contribution < -0.4 is 4.74 Å². The Labute approximate surface area is 152 Å². The van der Waals surface area contributed by atoms with Crippen LogP contribution in [0.3, 0.4) is 0 Å². The van der Waals surface area contributed by atoms with E-state index in [-0.39, 0.29) is 5.91 Å². The van der Waals surface area contributed by atoms with Crippen molar-refractivity contribution in [3.05, 3.63) is 59.9 Å². The average molecular weight is 351 g/mol. The molecule has 0 spiro atoms. The molecule has 0 aliphatic carbocycles. The van der Waals surface area contributed by atoms with Gasteiger partial charge in [0.15, 0.2) is 0 Å². The summed E-state index contributed by atoms with van der Waals surface area (Å²) in [6.07, 6.45) is 3.68. The van der Waals surface area contributed by atoms with Crippen LogP contribution in [0, 0.1) is 0 Å². The third-order valence-corrected chi connectivity index (χ3v) is 4.67. The van der Waals surface area contributed by atoms with Gasteiger partial charge in [0.2, 0.25) is 0 Å². The first-order chi connectivity index (χ1) is 12.8. The molecule has 6 heteroatoms. The van der Waals surface area contributed by atoms with E-state index in [4.69, 9.17) is 9.47 Å². The molecule has 2 aromatic heterocycles. The number of carbonyl (C=O) groups excluding carboxylic acids is 1. The minimum atomic E-state index is 0.0415. The highest BCUT2D eigenvalue weighted by atomic mass is 16.5. The van der Waals surface area contributed by atoms with E-state index in [0.29, 0.717) is 38.4 Å². The monoisotopic (exact) mass is 351 g/mol. The molecule has 1 aliphatic rings. The molecule has 6 nitrogen and oxygen atoms in total. The normalized spacial score (nSPS) is 14.6. The molecule has 1 amide bonds. The van der Waals surface area contributed by atoms with Crippen LogP contribution in [0.5, 0.6) is 5.75 Å². The van der Waals surface area contributed by atoms with Crippen LogP contribution in [0.2, 0.25) is 0 Å². The molecule has 134 valence electrons. The summed E-state index contributed by atoms with van der Waals surface area (Å²) in [5.41, 5.74) is 2.64. The van der Waals surface area contributed by atoms with Gasteiger partial charge in [0, 0.05) is 37.4 Å². The number of ether oxygens (including phenoxy) is 2. The molecule has 4 rings (SSSR count). The molecule has 0 unspecified atom stereocenters. The first kappa shape index (κ1) is 16.6. The van der Waals surface area contributed by atoms with E-state index in [2.05, 4.69) is 4.98 Å². The van der Waals surface area contributed by atoms with Crippen molar-refractivity contribution in [2.75, 3.05) is 33.4 Å². The Morgan fingerprint density at radius 2 is 1.96 bits per heavy atom. The Hall–Kier alpha value is -2.86. The summed E-state index contributed by atoms with van der Waals surface area (Å²) in [7, 11) is 1.65. The topological polar surface area (TPSA) is 56.6 Å². The molecular formula is C20H21N3O3. The molecular weight excluding hydrogens is 330 g/mol. The van der Waals surface area contributed by atoms with Crippen LogP contribution in [0.15, 0.2) is 48.8 Å². The lowest BCUT2D eigenvalue weighted by atomic mass is 10.2. The fraction of sp³-hybridized carbons (Fsp3) is 0.300. The molecule has 0 N–H and O–H groups in total. The molecule has 1 fully saturated rings. The number of pyridine rings is 1. The molecule has 1 aliphatic heterocycles. The van der Waals surface area contributed by atoms with Gasteiger partial charge in [0.25, 0.3) is 5.91 Å². The maximum absolute atomic E-state index is 13.0. The van der Waals surface area contributed by atoms with Crippen LogP contribution in [-0.2, 0) is 11.3 Å². The van der Waals surface area contributed by atoms with Crippen LogP contribution in [0.1, 0.15) is 15.9 Å². The second kappa shape index (κ2) is 7.17. The maximum Gasteiger partial charge on any atom is 0.256 e. The van der Waals surface area contributed by atoms with Crippen molar-refractivity contribution < 1.29 is 14.3 Å². The Morgan fingerprint density at radius 3 is 2.69 bits per heavy atom. The fourth-order valence-corrected chi connectivity index (χ4v) is 3.28. The van der Waals surface area contributed by atoms with Gasteiger partial charge in [0.05, 0.1) is 25.9 Å². The van der Waals surface area contributed by atoms with Gasteiger partial charge >= 0.3 is 0 Å². The SMILES string of the molecule is COc1ccc(Cn2cc(C(=O)N3CCOCC3)c3cccnc32)cc1. The lowest BCUT2D eigenvalue weighted by Gasteiger charge is -2.26. The van der Waals surface area contributed by atoms with Gasteiger partial charge in [-0.15, -0.1) is 0 Å². The van der Waals surface area contributed by atoms with Crippen molar-refractivity contribution in [2.24, 2.45) is 0 Å². The molecule has 0 bridgehead atoms. The van der Waals surface area contributed by atoms with Crippen LogP contribution in [-0.4, -0.2) is 53.8 Å². The molecule has 1 aromatic carbocycles. The number of methoxy groups -OCH3 is 1. The van der Waals surface area contributed by atoms with Crippen LogP contribution in [0.4, 0.5) is 0 Å². The maximum atomic E-state index is 13.0. The molecule has 1 saturated heterocycles. The van der Waals surface area contributed by atoms with E-state index in [1.165, 1.54) is 0 Å². The number of nitrogens with zero attached hydrogens (tertiary/aromatic N) is 3. The van der Waals surface area contributed by atoms with Crippen molar-refractivity contribution in [3.63, 3.8) is 0 Å². The fourth-order valence-electron chi connectivity index (χ4n) is 3.28. The zero-order valence-corrected chi connectivity index (χ0v) is 14.7. The van der Waals surface area contributed by atoms with Crippen molar-refractivity contribution in [2.45, 2.75) is 6.54 Å². The zero-order chi connectivity index (χ0) is 17.9. The third-order valence-electron chi connectivity index (χ3n) is 4.67. The molecule has 0 atom stereocenters. The Bertz CT molecular complexity index is 912. The largest absolute Gasteiger partial charge is 0.497 e.